The van der Waals surface area contributed by atoms with Crippen LogP contribution in [-0.4, -0.2) is 49.9 Å². The fraction of sp³-hybridized carbons (Fsp3) is 0.808. The van der Waals surface area contributed by atoms with Crippen molar-refractivity contribution in [1.29, 1.82) is 0 Å². The third-order valence-corrected chi connectivity index (χ3v) is 6.16. The fourth-order valence-corrected chi connectivity index (χ4v) is 3.94. The van der Waals surface area contributed by atoms with Gasteiger partial charge in [-0.1, -0.05) is 76.7 Å². The van der Waals surface area contributed by atoms with Crippen molar-refractivity contribution in [2.45, 2.75) is 103 Å². The maximum atomic E-state index is 11.7. The van der Waals surface area contributed by atoms with E-state index in [1.165, 1.54) is 44.9 Å². The predicted octanol–water partition coefficient (Wildman–Crippen LogP) is 6.23. The van der Waals surface area contributed by atoms with Crippen LogP contribution in [0.1, 0.15) is 97.3 Å². The molecule has 0 aliphatic rings. The van der Waals surface area contributed by atoms with Gasteiger partial charge in [-0.05, 0) is 38.5 Å². The average molecular weight is 520 g/mol. The summed E-state index contributed by atoms with van der Waals surface area (Å²) in [5, 5.41) is 0. The Hall–Kier alpha value is -1.02. The zero-order valence-corrected chi connectivity index (χ0v) is 22.9. The summed E-state index contributed by atoms with van der Waals surface area (Å²) in [5.41, 5.74) is 5.25. The molecule has 0 aromatic rings. The highest BCUT2D eigenvalue weighted by Gasteiger charge is 2.24. The van der Waals surface area contributed by atoms with Crippen molar-refractivity contribution in [3.8, 4) is 0 Å². The lowest BCUT2D eigenvalue weighted by Gasteiger charge is -2.19. The molecule has 0 aliphatic heterocycles. The molecule has 3 N–H and O–H groups in total. The summed E-state index contributed by atoms with van der Waals surface area (Å²) >= 11 is 0. The summed E-state index contributed by atoms with van der Waals surface area (Å²) < 4.78 is 32.1. The Balaban J connectivity index is 3.78. The van der Waals surface area contributed by atoms with Gasteiger partial charge in [0.1, 0.15) is 6.10 Å². The molecule has 0 aromatic heterocycles. The molecule has 0 rings (SSSR count). The lowest BCUT2D eigenvalue weighted by molar-refractivity contribution is -0.154. The Morgan fingerprint density at radius 1 is 0.857 bits per heavy atom. The highest BCUT2D eigenvalue weighted by molar-refractivity contribution is 7.47. The molecule has 2 unspecified atom stereocenters. The molecule has 8 nitrogen and oxygen atoms in total. The van der Waals surface area contributed by atoms with Gasteiger partial charge < -0.3 is 20.1 Å². The molecule has 0 radical (unpaired) electrons. The van der Waals surface area contributed by atoms with Gasteiger partial charge in [0.2, 0.25) is 0 Å². The van der Waals surface area contributed by atoms with Crippen molar-refractivity contribution in [1.82, 2.24) is 0 Å². The van der Waals surface area contributed by atoms with Crippen LogP contribution in [0.4, 0.5) is 0 Å². The third-order valence-electron chi connectivity index (χ3n) is 5.18. The van der Waals surface area contributed by atoms with E-state index >= 15 is 0 Å². The van der Waals surface area contributed by atoms with Gasteiger partial charge in [0.15, 0.2) is 0 Å². The molecule has 2 atom stereocenters. The van der Waals surface area contributed by atoms with E-state index in [1.54, 1.807) is 6.92 Å². The lowest BCUT2D eigenvalue weighted by atomic mass is 10.1. The van der Waals surface area contributed by atoms with E-state index in [2.05, 4.69) is 35.8 Å². The largest absolute Gasteiger partial charge is 0.472 e. The predicted molar refractivity (Wildman–Crippen MR) is 141 cm³/mol. The van der Waals surface area contributed by atoms with Gasteiger partial charge in [-0.25, -0.2) is 4.57 Å². The summed E-state index contributed by atoms with van der Waals surface area (Å²) in [6.07, 6.45) is 22.6. The molecule has 0 bridgehead atoms. The van der Waals surface area contributed by atoms with Gasteiger partial charge in [0.05, 0.1) is 19.8 Å². The number of carbonyl (C=O) groups excluding carboxylic acids is 1. The van der Waals surface area contributed by atoms with E-state index in [-0.39, 0.29) is 32.8 Å². The summed E-state index contributed by atoms with van der Waals surface area (Å²) in [7, 11) is -4.23. The van der Waals surface area contributed by atoms with Gasteiger partial charge in [-0.15, -0.1) is 0 Å². The van der Waals surface area contributed by atoms with Crippen LogP contribution in [0.2, 0.25) is 0 Å². The number of phosphoric ester groups is 1. The quantitative estimate of drug-likeness (QED) is 0.0631. The van der Waals surface area contributed by atoms with Gasteiger partial charge in [0, 0.05) is 19.6 Å². The second-order valence-electron chi connectivity index (χ2n) is 8.51. The van der Waals surface area contributed by atoms with Crippen LogP contribution in [0, 0.1) is 0 Å². The molecule has 0 heterocycles. The zero-order valence-electron chi connectivity index (χ0n) is 22.0. The number of hydrogen-bond acceptors (Lipinski definition) is 7. The van der Waals surface area contributed by atoms with E-state index < -0.39 is 19.9 Å². The Kier molecular flexibility index (Phi) is 23.9. The minimum absolute atomic E-state index is 0.0967. The molecular weight excluding hydrogens is 469 g/mol. The van der Waals surface area contributed by atoms with Crippen LogP contribution in [0.25, 0.3) is 0 Å². The first-order chi connectivity index (χ1) is 16.9. The minimum atomic E-state index is -4.23. The number of hydrogen-bond donors (Lipinski definition) is 2. The Bertz CT molecular complexity index is 598. The molecule has 35 heavy (non-hydrogen) atoms. The topological polar surface area (TPSA) is 117 Å². The highest BCUT2D eigenvalue weighted by atomic mass is 31.2. The van der Waals surface area contributed by atoms with Crippen LogP contribution in [0.3, 0.4) is 0 Å². The maximum Gasteiger partial charge on any atom is 0.472 e. The summed E-state index contributed by atoms with van der Waals surface area (Å²) in [6.45, 7) is 4.25. The van der Waals surface area contributed by atoms with E-state index in [1.807, 2.05) is 0 Å². The molecule has 0 saturated heterocycles. The van der Waals surface area contributed by atoms with Crippen molar-refractivity contribution in [3.05, 3.63) is 24.3 Å². The summed E-state index contributed by atoms with van der Waals surface area (Å²) in [5.74, 6) is -0.424. The van der Waals surface area contributed by atoms with Gasteiger partial charge in [-0.3, -0.25) is 13.8 Å². The zero-order chi connectivity index (χ0) is 26.0. The lowest BCUT2D eigenvalue weighted by Crippen LogP contribution is -2.28. The van der Waals surface area contributed by atoms with Crippen molar-refractivity contribution in [2.24, 2.45) is 5.73 Å². The van der Waals surface area contributed by atoms with Gasteiger partial charge in [0.25, 0.3) is 0 Å². The van der Waals surface area contributed by atoms with E-state index in [4.69, 9.17) is 19.7 Å². The molecule has 206 valence electrons. The average Bonchev–Trinajstić information content (AvgIpc) is 2.85. The molecule has 0 saturated carbocycles. The molecule has 0 aliphatic carbocycles. The first-order valence-electron chi connectivity index (χ1n) is 13.3. The SMILES string of the molecule is CCCCC/C=C\C/C=C\CCCCCCCCOCC(COP(=O)(O)OCCN)OC(=O)CC. The minimum Gasteiger partial charge on any atom is -0.457 e. The first kappa shape index (κ1) is 34.0. The smallest absolute Gasteiger partial charge is 0.457 e. The number of rotatable bonds is 25. The number of phosphoric acid groups is 1. The molecule has 0 spiro atoms. The second kappa shape index (κ2) is 24.7. The van der Waals surface area contributed by atoms with Crippen molar-refractivity contribution in [3.63, 3.8) is 0 Å². The first-order valence-corrected chi connectivity index (χ1v) is 14.8. The Morgan fingerprint density at radius 2 is 1.49 bits per heavy atom. The van der Waals surface area contributed by atoms with Crippen LogP contribution >= 0.6 is 7.82 Å². The van der Waals surface area contributed by atoms with Crippen molar-refractivity contribution >= 4 is 13.8 Å². The standard InChI is InChI=1S/C26H50NO7P/c1-3-5-6-7-8-9-10-11-12-13-14-15-16-17-18-19-21-31-23-25(34-26(28)4-2)24-33-35(29,30)32-22-20-27/h8-9,11-12,25H,3-7,10,13-24,27H2,1-2H3,(H,29,30)/b9-8-,12-11-. The number of esters is 1. The number of ether oxygens (including phenoxy) is 2. The van der Waals surface area contributed by atoms with E-state index in [0.29, 0.717) is 6.61 Å². The van der Waals surface area contributed by atoms with Crippen LogP contribution in [-0.2, 0) is 27.9 Å². The monoisotopic (exact) mass is 519 g/mol. The molecular formula is C26H50NO7P. The van der Waals surface area contributed by atoms with Gasteiger partial charge in [-0.2, -0.15) is 0 Å². The molecule has 9 heteroatoms. The summed E-state index contributed by atoms with van der Waals surface area (Å²) in [6, 6.07) is 0. The van der Waals surface area contributed by atoms with Crippen LogP contribution in [0.15, 0.2) is 24.3 Å². The Morgan fingerprint density at radius 3 is 2.11 bits per heavy atom. The van der Waals surface area contributed by atoms with E-state index in [0.717, 1.165) is 32.1 Å². The molecule has 0 aromatic carbocycles. The van der Waals surface area contributed by atoms with Crippen LogP contribution in [0.5, 0.6) is 0 Å². The second-order valence-corrected chi connectivity index (χ2v) is 9.96. The van der Waals surface area contributed by atoms with Gasteiger partial charge >= 0.3 is 13.8 Å². The van der Waals surface area contributed by atoms with Crippen LogP contribution < -0.4 is 5.73 Å². The van der Waals surface area contributed by atoms with E-state index in [9.17, 15) is 14.3 Å². The number of nitrogens with two attached hydrogens (primary N) is 1. The number of allylic oxidation sites excluding steroid dienone is 4. The highest BCUT2D eigenvalue weighted by Crippen LogP contribution is 2.43. The molecule has 0 amide bonds. The van der Waals surface area contributed by atoms with Crippen molar-refractivity contribution < 1.29 is 32.8 Å². The third kappa shape index (κ3) is 24.5. The summed E-state index contributed by atoms with van der Waals surface area (Å²) in [4.78, 5) is 21.2. The number of carbonyl (C=O) groups is 1. The normalized spacial score (nSPS) is 14.5. The fourth-order valence-electron chi connectivity index (χ4n) is 3.18. The number of unbranched alkanes of at least 4 members (excludes halogenated alkanes) is 9. The van der Waals surface area contributed by atoms with Crippen molar-refractivity contribution in [2.75, 3.05) is 33.0 Å². The Labute approximate surface area is 213 Å². The maximum absolute atomic E-state index is 11.7. The molecule has 0 fully saturated rings.